The van der Waals surface area contributed by atoms with Gasteiger partial charge in [0.2, 0.25) is 0 Å². The molecule has 0 saturated carbocycles. The summed E-state index contributed by atoms with van der Waals surface area (Å²) in [6, 6.07) is 12.6. The van der Waals surface area contributed by atoms with Gasteiger partial charge in [0.05, 0.1) is 21.6 Å². The number of rotatable bonds is 2. The van der Waals surface area contributed by atoms with Crippen LogP contribution in [0.25, 0.3) is 10.8 Å². The molecule has 3 aromatic rings. The van der Waals surface area contributed by atoms with Crippen LogP contribution in [0.3, 0.4) is 0 Å². The Balaban J connectivity index is 1.92. The summed E-state index contributed by atoms with van der Waals surface area (Å²) >= 11 is 0. The number of amides is 2. The van der Waals surface area contributed by atoms with Gasteiger partial charge in [0.25, 0.3) is 11.8 Å². The molecule has 3 aromatic carbocycles. The maximum atomic E-state index is 13.2. The van der Waals surface area contributed by atoms with Crippen LogP contribution in [0.1, 0.15) is 47.1 Å². The van der Waals surface area contributed by atoms with Crippen LogP contribution in [0.15, 0.2) is 48.5 Å². The topological polar surface area (TPSA) is 101 Å². The zero-order valence-corrected chi connectivity index (χ0v) is 16.1. The lowest BCUT2D eigenvalue weighted by molar-refractivity contribution is -0.384. The van der Waals surface area contributed by atoms with Crippen molar-refractivity contribution in [3.8, 4) is 5.75 Å². The number of nitrogens with zero attached hydrogens (tertiary/aromatic N) is 2. The number of phenols is 1. The summed E-state index contributed by atoms with van der Waals surface area (Å²) in [5, 5.41) is 21.8. The highest BCUT2D eigenvalue weighted by Crippen LogP contribution is 2.42. The van der Waals surface area contributed by atoms with Gasteiger partial charge in [-0.15, -0.1) is 0 Å². The van der Waals surface area contributed by atoms with E-state index in [1.54, 1.807) is 12.1 Å². The van der Waals surface area contributed by atoms with Gasteiger partial charge in [0.15, 0.2) is 5.75 Å². The SMILES string of the molecule is CC(C)(C)c1ccc(N2C(=O)c3cccc4c([N+](=O)[O-])c(O)cc(c34)C2=O)cc1. The van der Waals surface area contributed by atoms with Crippen molar-refractivity contribution in [3.05, 3.63) is 75.3 Å². The van der Waals surface area contributed by atoms with Gasteiger partial charge >= 0.3 is 5.69 Å². The van der Waals surface area contributed by atoms with Gasteiger partial charge < -0.3 is 5.11 Å². The van der Waals surface area contributed by atoms with E-state index < -0.39 is 28.2 Å². The Morgan fingerprint density at radius 2 is 1.59 bits per heavy atom. The molecule has 4 rings (SSSR count). The molecule has 146 valence electrons. The van der Waals surface area contributed by atoms with Crippen molar-refractivity contribution in [2.24, 2.45) is 0 Å². The molecule has 7 nitrogen and oxygen atoms in total. The second-order valence-electron chi connectivity index (χ2n) is 8.02. The molecule has 0 aromatic heterocycles. The maximum absolute atomic E-state index is 13.2. The molecule has 1 aliphatic rings. The highest BCUT2D eigenvalue weighted by molar-refractivity contribution is 6.36. The standard InChI is InChI=1S/C22H18N2O5/c1-22(2,3)12-7-9-13(10-8-12)23-20(26)15-6-4-5-14-18(15)16(21(23)27)11-17(25)19(14)24(28)29/h4-11,25H,1-3H3. The Kier molecular flexibility index (Phi) is 3.94. The molecule has 0 radical (unpaired) electrons. The molecule has 0 aliphatic carbocycles. The van der Waals surface area contributed by atoms with Crippen LogP contribution in [0.4, 0.5) is 11.4 Å². The third kappa shape index (κ3) is 2.74. The average Bonchev–Trinajstić information content (AvgIpc) is 2.65. The number of carbonyl (C=O) groups excluding carboxylic acids is 2. The first-order chi connectivity index (χ1) is 13.6. The first kappa shape index (κ1) is 18.6. The predicted octanol–water partition coefficient (Wildman–Crippen LogP) is 4.55. The smallest absolute Gasteiger partial charge is 0.318 e. The fraction of sp³-hybridized carbons (Fsp3) is 0.182. The predicted molar refractivity (Wildman–Crippen MR) is 109 cm³/mol. The minimum atomic E-state index is -0.717. The Morgan fingerprint density at radius 3 is 2.17 bits per heavy atom. The average molecular weight is 390 g/mol. The molecule has 0 fully saturated rings. The molecule has 0 unspecified atom stereocenters. The lowest BCUT2D eigenvalue weighted by atomic mass is 9.87. The van der Waals surface area contributed by atoms with Crippen molar-refractivity contribution in [1.29, 1.82) is 0 Å². The summed E-state index contributed by atoms with van der Waals surface area (Å²) < 4.78 is 0. The largest absolute Gasteiger partial charge is 0.502 e. The molecular formula is C22H18N2O5. The molecular weight excluding hydrogens is 372 g/mol. The summed E-state index contributed by atoms with van der Waals surface area (Å²) in [7, 11) is 0. The molecule has 1 aliphatic heterocycles. The van der Waals surface area contributed by atoms with Crippen molar-refractivity contribution in [1.82, 2.24) is 0 Å². The number of benzene rings is 3. The van der Waals surface area contributed by atoms with E-state index in [-0.39, 0.29) is 27.3 Å². The number of hydrogen-bond acceptors (Lipinski definition) is 5. The maximum Gasteiger partial charge on any atom is 0.318 e. The number of phenolic OH excluding ortho intramolecular Hbond substituents is 1. The second kappa shape index (κ2) is 6.13. The lowest BCUT2D eigenvalue weighted by Crippen LogP contribution is -2.40. The van der Waals surface area contributed by atoms with E-state index >= 15 is 0 Å². The van der Waals surface area contributed by atoms with Gasteiger partial charge in [-0.1, -0.05) is 39.0 Å². The quantitative estimate of drug-likeness (QED) is 0.393. The van der Waals surface area contributed by atoms with Crippen LogP contribution < -0.4 is 4.90 Å². The minimum Gasteiger partial charge on any atom is -0.502 e. The van der Waals surface area contributed by atoms with Crippen LogP contribution in [0.5, 0.6) is 5.75 Å². The van der Waals surface area contributed by atoms with Crippen LogP contribution in [0, 0.1) is 10.1 Å². The van der Waals surface area contributed by atoms with Crippen molar-refractivity contribution < 1.29 is 19.6 Å². The summed E-state index contributed by atoms with van der Waals surface area (Å²) in [4.78, 5) is 38.0. The van der Waals surface area contributed by atoms with E-state index in [1.807, 2.05) is 12.1 Å². The summed E-state index contributed by atoms with van der Waals surface area (Å²) in [5.41, 5.74) is 1.08. The number of aromatic hydroxyl groups is 1. The minimum absolute atomic E-state index is 0.0539. The molecule has 0 saturated heterocycles. The molecule has 1 heterocycles. The van der Waals surface area contributed by atoms with E-state index in [9.17, 15) is 24.8 Å². The zero-order chi connectivity index (χ0) is 21.1. The number of nitro groups is 1. The van der Waals surface area contributed by atoms with Gasteiger partial charge in [0, 0.05) is 17.0 Å². The Morgan fingerprint density at radius 1 is 0.966 bits per heavy atom. The Bertz CT molecular complexity index is 1210. The van der Waals surface area contributed by atoms with Crippen molar-refractivity contribution in [2.75, 3.05) is 4.90 Å². The van der Waals surface area contributed by atoms with Crippen molar-refractivity contribution >= 4 is 34.0 Å². The van der Waals surface area contributed by atoms with Gasteiger partial charge in [-0.3, -0.25) is 19.7 Å². The number of anilines is 1. The molecule has 0 bridgehead atoms. The molecule has 0 spiro atoms. The van der Waals surface area contributed by atoms with E-state index in [0.29, 0.717) is 5.69 Å². The fourth-order valence-corrected chi connectivity index (χ4v) is 3.67. The lowest BCUT2D eigenvalue weighted by Gasteiger charge is -2.28. The Labute approximate surface area is 166 Å². The molecule has 1 N–H and O–H groups in total. The molecule has 0 atom stereocenters. The van der Waals surface area contributed by atoms with Crippen LogP contribution in [-0.4, -0.2) is 21.8 Å². The van der Waals surface area contributed by atoms with Crippen molar-refractivity contribution in [2.45, 2.75) is 26.2 Å². The molecule has 7 heteroatoms. The monoisotopic (exact) mass is 390 g/mol. The number of hydrogen-bond donors (Lipinski definition) is 1. The van der Waals surface area contributed by atoms with E-state index in [2.05, 4.69) is 20.8 Å². The first-order valence-electron chi connectivity index (χ1n) is 9.03. The third-order valence-corrected chi connectivity index (χ3v) is 5.15. The molecule has 2 amide bonds. The van der Waals surface area contributed by atoms with E-state index in [1.165, 1.54) is 18.2 Å². The van der Waals surface area contributed by atoms with Gasteiger partial charge in [-0.25, -0.2) is 4.90 Å². The molecule has 29 heavy (non-hydrogen) atoms. The third-order valence-electron chi connectivity index (χ3n) is 5.15. The first-order valence-corrected chi connectivity index (χ1v) is 9.03. The highest BCUT2D eigenvalue weighted by Gasteiger charge is 2.37. The van der Waals surface area contributed by atoms with Gasteiger partial charge in [-0.2, -0.15) is 0 Å². The van der Waals surface area contributed by atoms with Crippen LogP contribution >= 0.6 is 0 Å². The normalized spacial score (nSPS) is 13.8. The van der Waals surface area contributed by atoms with Crippen molar-refractivity contribution in [3.63, 3.8) is 0 Å². The number of imide groups is 1. The van der Waals surface area contributed by atoms with Gasteiger partial charge in [-0.05, 0) is 35.2 Å². The second-order valence-corrected chi connectivity index (χ2v) is 8.02. The summed E-state index contributed by atoms with van der Waals surface area (Å²) in [6.07, 6.45) is 0. The summed E-state index contributed by atoms with van der Waals surface area (Å²) in [5.74, 6) is -1.80. The fourth-order valence-electron chi connectivity index (χ4n) is 3.67. The number of nitro benzene ring substituents is 1. The zero-order valence-electron chi connectivity index (χ0n) is 16.1. The van der Waals surface area contributed by atoms with E-state index in [4.69, 9.17) is 0 Å². The van der Waals surface area contributed by atoms with E-state index in [0.717, 1.165) is 16.5 Å². The number of carbonyl (C=O) groups is 2. The Hall–Kier alpha value is -3.74. The van der Waals surface area contributed by atoms with Gasteiger partial charge in [0.1, 0.15) is 0 Å². The van der Waals surface area contributed by atoms with Crippen LogP contribution in [0.2, 0.25) is 0 Å². The van der Waals surface area contributed by atoms with Crippen LogP contribution in [-0.2, 0) is 5.41 Å². The summed E-state index contributed by atoms with van der Waals surface area (Å²) in [6.45, 7) is 6.18. The highest BCUT2D eigenvalue weighted by atomic mass is 16.6.